The Morgan fingerprint density at radius 1 is 1.00 bits per heavy atom. The van der Waals surface area contributed by atoms with E-state index in [1.807, 2.05) is 84.9 Å². The molecule has 154 valence electrons. The van der Waals surface area contributed by atoms with Crippen molar-refractivity contribution in [3.05, 3.63) is 102 Å². The number of amides is 1. The number of benzene rings is 3. The molecular formula is C24H21N5O2. The number of fused-ring (bicyclic) bond motifs is 1. The van der Waals surface area contributed by atoms with Crippen LogP contribution in [0.25, 0.3) is 0 Å². The summed E-state index contributed by atoms with van der Waals surface area (Å²) in [4.78, 5) is 21.5. The zero-order chi connectivity index (χ0) is 21.6. The lowest BCUT2D eigenvalue weighted by molar-refractivity contribution is -0.117. The van der Waals surface area contributed by atoms with Crippen molar-refractivity contribution in [1.29, 1.82) is 5.41 Å². The molecule has 0 radical (unpaired) electrons. The number of carbonyl (C=O) groups excluding carboxylic acids is 1. The Morgan fingerprint density at radius 2 is 1.65 bits per heavy atom. The Morgan fingerprint density at radius 3 is 2.39 bits per heavy atom. The molecule has 0 bridgehead atoms. The third-order valence-electron chi connectivity index (χ3n) is 4.66. The first kappa shape index (κ1) is 20.0. The van der Waals surface area contributed by atoms with E-state index in [1.54, 1.807) is 0 Å². The van der Waals surface area contributed by atoms with Gasteiger partial charge in [-0.3, -0.25) is 10.2 Å². The summed E-state index contributed by atoms with van der Waals surface area (Å²) in [6.45, 7) is 0. The number of rotatable bonds is 4. The van der Waals surface area contributed by atoms with Crippen LogP contribution in [-0.2, 0) is 16.0 Å². The quantitative estimate of drug-likeness (QED) is 0.452. The van der Waals surface area contributed by atoms with Gasteiger partial charge in [0.25, 0.3) is 11.9 Å². The second kappa shape index (κ2) is 9.04. The lowest BCUT2D eigenvalue weighted by Gasteiger charge is -2.10. The summed E-state index contributed by atoms with van der Waals surface area (Å²) in [7, 11) is 0. The standard InChI is InChI=1S/C24H21N5O2/c25-20(15-16-9-3-1-4-10-16)31-24(26)29-22-23(30)27-19-14-8-7-13-18(19)21(28-22)17-11-5-2-6-12-17/h1-14,22,25H,15H2,(H2,26,29)(H,27,30). The highest BCUT2D eigenvalue weighted by molar-refractivity contribution is 6.19. The first-order valence-electron chi connectivity index (χ1n) is 9.76. The number of nitrogens with two attached hydrogens (primary N) is 1. The fraction of sp³-hybridized carbons (Fsp3) is 0.0833. The number of hydrogen-bond acceptors (Lipinski definition) is 5. The number of amidine groups is 1. The van der Waals surface area contributed by atoms with Gasteiger partial charge in [-0.05, 0) is 11.6 Å². The molecule has 7 heteroatoms. The summed E-state index contributed by atoms with van der Waals surface area (Å²) in [6, 6.07) is 26.1. The molecule has 1 atom stereocenters. The number of nitrogens with one attached hydrogen (secondary N) is 2. The highest BCUT2D eigenvalue weighted by atomic mass is 16.5. The molecule has 0 spiro atoms. The third kappa shape index (κ3) is 4.84. The van der Waals surface area contributed by atoms with Crippen LogP contribution in [-0.4, -0.2) is 29.7 Å². The van der Waals surface area contributed by atoms with E-state index in [4.69, 9.17) is 15.9 Å². The Labute approximate surface area is 179 Å². The Hall–Kier alpha value is -4.26. The number of nitrogens with zero attached hydrogens (tertiary/aromatic N) is 2. The SMILES string of the molecule is N=C(Cc1ccccc1)O/C(N)=N/C1N=C(c2ccccc2)c2ccccc2NC1=O. The molecule has 1 heterocycles. The topological polar surface area (TPSA) is 113 Å². The molecule has 1 amide bonds. The highest BCUT2D eigenvalue weighted by Gasteiger charge is 2.25. The zero-order valence-electron chi connectivity index (χ0n) is 16.7. The minimum atomic E-state index is -1.15. The van der Waals surface area contributed by atoms with E-state index in [-0.39, 0.29) is 18.3 Å². The van der Waals surface area contributed by atoms with Gasteiger partial charge in [0.15, 0.2) is 5.90 Å². The maximum atomic E-state index is 12.8. The molecule has 1 unspecified atom stereocenters. The minimum Gasteiger partial charge on any atom is -0.412 e. The number of carbonyl (C=O) groups is 1. The van der Waals surface area contributed by atoms with E-state index in [0.717, 1.165) is 16.7 Å². The summed E-state index contributed by atoms with van der Waals surface area (Å²) >= 11 is 0. The summed E-state index contributed by atoms with van der Waals surface area (Å²) in [5, 5.41) is 10.9. The first-order chi connectivity index (χ1) is 15.1. The molecule has 0 aliphatic carbocycles. The lowest BCUT2D eigenvalue weighted by atomic mass is 10.0. The Bertz CT molecular complexity index is 1160. The third-order valence-corrected chi connectivity index (χ3v) is 4.66. The van der Waals surface area contributed by atoms with Gasteiger partial charge in [-0.2, -0.15) is 4.99 Å². The van der Waals surface area contributed by atoms with Gasteiger partial charge < -0.3 is 15.8 Å². The maximum absolute atomic E-state index is 12.8. The van der Waals surface area contributed by atoms with Gasteiger partial charge in [0.2, 0.25) is 6.17 Å². The number of para-hydroxylation sites is 1. The minimum absolute atomic E-state index is 0.0722. The van der Waals surface area contributed by atoms with Gasteiger partial charge >= 0.3 is 0 Å². The molecule has 4 rings (SSSR count). The smallest absolute Gasteiger partial charge is 0.291 e. The predicted octanol–water partition coefficient (Wildman–Crippen LogP) is 3.35. The number of anilines is 1. The maximum Gasteiger partial charge on any atom is 0.291 e. The molecular weight excluding hydrogens is 390 g/mol. The molecule has 0 saturated heterocycles. The summed E-state index contributed by atoms with van der Waals surface area (Å²) in [5.74, 6) is -0.503. The monoisotopic (exact) mass is 411 g/mol. The summed E-state index contributed by atoms with van der Waals surface area (Å²) in [5.41, 5.74) is 9.71. The van der Waals surface area contributed by atoms with Crippen molar-refractivity contribution in [2.45, 2.75) is 12.6 Å². The van der Waals surface area contributed by atoms with Crippen LogP contribution >= 0.6 is 0 Å². The molecule has 7 nitrogen and oxygen atoms in total. The van der Waals surface area contributed by atoms with Gasteiger partial charge in [-0.1, -0.05) is 78.9 Å². The van der Waals surface area contributed by atoms with Crippen LogP contribution in [0.4, 0.5) is 5.69 Å². The van der Waals surface area contributed by atoms with Gasteiger partial charge in [0, 0.05) is 17.5 Å². The number of ether oxygens (including phenoxy) is 1. The second-order valence-electron chi connectivity index (χ2n) is 6.91. The van der Waals surface area contributed by atoms with Crippen LogP contribution in [0.5, 0.6) is 0 Å². The van der Waals surface area contributed by atoms with Crippen molar-refractivity contribution < 1.29 is 9.53 Å². The molecule has 0 fully saturated rings. The summed E-state index contributed by atoms with van der Waals surface area (Å²) < 4.78 is 5.33. The van der Waals surface area contributed by atoms with Crippen LogP contribution in [0.15, 0.2) is 94.9 Å². The van der Waals surface area contributed by atoms with Crippen molar-refractivity contribution in [2.24, 2.45) is 15.7 Å². The zero-order valence-corrected chi connectivity index (χ0v) is 16.7. The van der Waals surface area contributed by atoms with Crippen molar-refractivity contribution >= 4 is 29.2 Å². The van der Waals surface area contributed by atoms with E-state index < -0.39 is 12.1 Å². The van der Waals surface area contributed by atoms with Crippen molar-refractivity contribution in [2.75, 3.05) is 5.32 Å². The predicted molar refractivity (Wildman–Crippen MR) is 122 cm³/mol. The fourth-order valence-corrected chi connectivity index (χ4v) is 3.25. The van der Waals surface area contributed by atoms with E-state index in [0.29, 0.717) is 11.4 Å². The number of aliphatic imine (C=N–C) groups is 2. The van der Waals surface area contributed by atoms with E-state index in [9.17, 15) is 4.79 Å². The van der Waals surface area contributed by atoms with Crippen molar-refractivity contribution in [1.82, 2.24) is 0 Å². The van der Waals surface area contributed by atoms with Crippen LogP contribution in [0.1, 0.15) is 16.7 Å². The Balaban J connectivity index is 1.61. The largest absolute Gasteiger partial charge is 0.412 e. The van der Waals surface area contributed by atoms with Crippen molar-refractivity contribution in [3.8, 4) is 0 Å². The molecule has 3 aromatic carbocycles. The van der Waals surface area contributed by atoms with E-state index >= 15 is 0 Å². The van der Waals surface area contributed by atoms with Crippen LogP contribution in [0.3, 0.4) is 0 Å². The fourth-order valence-electron chi connectivity index (χ4n) is 3.25. The average Bonchev–Trinajstić information content (AvgIpc) is 2.91. The highest BCUT2D eigenvalue weighted by Crippen LogP contribution is 2.24. The van der Waals surface area contributed by atoms with Gasteiger partial charge in [0.1, 0.15) is 0 Å². The molecule has 1 aliphatic rings. The molecule has 3 aromatic rings. The van der Waals surface area contributed by atoms with Crippen LogP contribution in [0, 0.1) is 5.41 Å². The second-order valence-corrected chi connectivity index (χ2v) is 6.91. The van der Waals surface area contributed by atoms with Crippen LogP contribution in [0.2, 0.25) is 0 Å². The average molecular weight is 411 g/mol. The molecule has 31 heavy (non-hydrogen) atoms. The number of hydrogen-bond donors (Lipinski definition) is 3. The Kier molecular flexibility index (Phi) is 5.84. The van der Waals surface area contributed by atoms with E-state index in [1.165, 1.54) is 0 Å². The van der Waals surface area contributed by atoms with Gasteiger partial charge in [0.05, 0.1) is 11.4 Å². The van der Waals surface area contributed by atoms with Gasteiger partial charge in [-0.15, -0.1) is 0 Å². The van der Waals surface area contributed by atoms with Crippen LogP contribution < -0.4 is 11.1 Å². The summed E-state index contributed by atoms with van der Waals surface area (Å²) in [6.07, 6.45) is -0.884. The molecule has 4 N–H and O–H groups in total. The molecule has 0 saturated carbocycles. The lowest BCUT2D eigenvalue weighted by Crippen LogP contribution is -2.29. The van der Waals surface area contributed by atoms with Gasteiger partial charge in [-0.25, -0.2) is 4.99 Å². The van der Waals surface area contributed by atoms with Crippen molar-refractivity contribution in [3.63, 3.8) is 0 Å². The molecule has 0 aromatic heterocycles. The first-order valence-corrected chi connectivity index (χ1v) is 9.76. The van der Waals surface area contributed by atoms with E-state index in [2.05, 4.69) is 15.3 Å². The molecule has 1 aliphatic heterocycles. The number of benzodiazepines with no additional fused rings is 1. The normalized spacial score (nSPS) is 15.9.